The molecule has 10 amide bonds. The first-order valence-electron chi connectivity index (χ1n) is 25.4. The van der Waals surface area contributed by atoms with Crippen LogP contribution >= 0.6 is 0 Å². The average Bonchev–Trinajstić information content (AvgIpc) is 3.83. The van der Waals surface area contributed by atoms with Crippen LogP contribution in [0.2, 0.25) is 0 Å². The number of carboxylic acid groups (broad SMARTS) is 1. The number of phenols is 1. The van der Waals surface area contributed by atoms with E-state index in [4.69, 9.17) is 22.9 Å². The van der Waals surface area contributed by atoms with Gasteiger partial charge in [-0.2, -0.15) is 0 Å². The van der Waals surface area contributed by atoms with Crippen molar-refractivity contribution in [3.63, 3.8) is 0 Å². The quantitative estimate of drug-likeness (QED) is 0.0124. The van der Waals surface area contributed by atoms with Crippen LogP contribution in [0, 0.1) is 0 Å². The number of primary amides is 1. The molecule has 0 aliphatic heterocycles. The van der Waals surface area contributed by atoms with E-state index in [1.807, 2.05) is 6.07 Å². The van der Waals surface area contributed by atoms with E-state index in [9.17, 15) is 68.1 Å². The monoisotopic (exact) mass is 1130 g/mol. The Labute approximate surface area is 463 Å². The number of aliphatic hydroxyl groups is 1. The molecule has 0 unspecified atom stereocenters. The number of phenolic OH excluding ortho intramolecular Hbond substituents is 1. The number of nitrogens with one attached hydrogen (secondary N) is 10. The number of hydrogen-bond acceptors (Lipinski definition) is 15. The van der Waals surface area contributed by atoms with Gasteiger partial charge in [0.25, 0.3) is 0 Å². The molecule has 0 spiro atoms. The summed E-state index contributed by atoms with van der Waals surface area (Å²) in [6, 6.07) is 11.3. The van der Waals surface area contributed by atoms with Crippen molar-refractivity contribution in [2.75, 3.05) is 26.2 Å². The predicted octanol–water partition coefficient (Wildman–Crippen LogP) is -5.10. The third-order valence-electron chi connectivity index (χ3n) is 12.1. The molecule has 0 saturated carbocycles. The summed E-state index contributed by atoms with van der Waals surface area (Å²) >= 11 is 0. The van der Waals surface area contributed by atoms with Gasteiger partial charge >= 0.3 is 5.97 Å². The van der Waals surface area contributed by atoms with Gasteiger partial charge in [0.15, 0.2) is 5.96 Å². The molecule has 0 aliphatic carbocycles. The van der Waals surface area contributed by atoms with Crippen LogP contribution in [-0.4, -0.2) is 166 Å². The molecule has 29 nitrogen and oxygen atoms in total. The minimum Gasteiger partial charge on any atom is -0.508 e. The van der Waals surface area contributed by atoms with Gasteiger partial charge < -0.3 is 91.1 Å². The van der Waals surface area contributed by atoms with Crippen LogP contribution in [0.4, 0.5) is 0 Å². The van der Waals surface area contributed by atoms with Crippen molar-refractivity contribution in [1.82, 2.24) is 52.8 Å². The molecule has 4 rings (SSSR count). The van der Waals surface area contributed by atoms with Gasteiger partial charge in [0.05, 0.1) is 38.2 Å². The summed E-state index contributed by atoms with van der Waals surface area (Å²) in [5, 5.41) is 52.4. The maximum Gasteiger partial charge on any atom is 0.326 e. The second kappa shape index (κ2) is 31.7. The highest BCUT2D eigenvalue weighted by molar-refractivity contribution is 5.98. The SMILES string of the molecule is C[C@H](NC(=O)[C@H](Cc1ccccc1)NC(=O)CNC(=O)[C@@H](NC(=O)CNC(=O)[C@H](CC(N)=O)NC(=O)CNC(=O)[C@@H](N)CCCN=C(N)N)[C@@H](C)O)C(=O)N[C@@H](Cc1ccc(O)cc1)C(=O)N[C@@H](Cc1c[nH]c2ccccc12)C(=O)O. The molecular formula is C52H69N15O14. The van der Waals surface area contributed by atoms with Gasteiger partial charge in [-0.3, -0.25) is 52.9 Å². The van der Waals surface area contributed by atoms with Crippen molar-refractivity contribution in [3.05, 3.63) is 102 Å². The minimum atomic E-state index is -1.72. The van der Waals surface area contributed by atoms with Crippen LogP contribution < -0.4 is 70.8 Å². The number of carboxylic acids is 1. The van der Waals surface area contributed by atoms with Gasteiger partial charge in [0.1, 0.15) is 42.0 Å². The molecule has 81 heavy (non-hydrogen) atoms. The summed E-state index contributed by atoms with van der Waals surface area (Å²) in [5.41, 5.74) is 24.0. The van der Waals surface area contributed by atoms with E-state index >= 15 is 0 Å². The lowest BCUT2D eigenvalue weighted by molar-refractivity contribution is -0.142. The summed E-state index contributed by atoms with van der Waals surface area (Å²) in [4.78, 5) is 150. The van der Waals surface area contributed by atoms with Crippen LogP contribution in [-0.2, 0) is 72.0 Å². The molecule has 1 heterocycles. The number of benzene rings is 3. The topological polar surface area (TPSA) is 489 Å². The van der Waals surface area contributed by atoms with E-state index in [0.717, 1.165) is 17.8 Å². The first kappa shape index (κ1) is 63.9. The van der Waals surface area contributed by atoms with E-state index in [-0.39, 0.29) is 43.9 Å². The first-order valence-corrected chi connectivity index (χ1v) is 25.4. The molecule has 3 aromatic carbocycles. The molecule has 436 valence electrons. The molecule has 0 bridgehead atoms. The lowest BCUT2D eigenvalue weighted by atomic mass is 10.0. The van der Waals surface area contributed by atoms with Crippen molar-refractivity contribution in [3.8, 4) is 5.75 Å². The largest absolute Gasteiger partial charge is 0.508 e. The summed E-state index contributed by atoms with van der Waals surface area (Å²) in [6.07, 6.45) is -0.561. The van der Waals surface area contributed by atoms with Crippen molar-refractivity contribution < 1.29 is 68.1 Å². The minimum absolute atomic E-state index is 0.0706. The number of guanidine groups is 1. The Morgan fingerprint density at radius 1 is 0.580 bits per heavy atom. The number of rotatable bonds is 32. The van der Waals surface area contributed by atoms with Gasteiger partial charge in [-0.25, -0.2) is 4.79 Å². The fourth-order valence-corrected chi connectivity index (χ4v) is 7.85. The molecule has 0 saturated heterocycles. The number of aromatic amines is 1. The number of hydrogen-bond donors (Lipinski definition) is 17. The molecule has 1 aromatic heterocycles. The smallest absolute Gasteiger partial charge is 0.326 e. The van der Waals surface area contributed by atoms with Crippen molar-refractivity contribution >= 4 is 81.9 Å². The number of aromatic hydroxyl groups is 1. The number of aliphatic hydroxyl groups excluding tert-OH is 1. The second-order valence-electron chi connectivity index (χ2n) is 18.7. The fraction of sp³-hybridized carbons (Fsp3) is 0.385. The number of amides is 10. The Hall–Kier alpha value is -9.64. The third-order valence-corrected chi connectivity index (χ3v) is 12.1. The Bertz CT molecular complexity index is 2900. The number of carbonyl (C=O) groups excluding carboxylic acids is 10. The first-order chi connectivity index (χ1) is 38.4. The van der Waals surface area contributed by atoms with Crippen molar-refractivity contribution in [1.29, 1.82) is 0 Å². The lowest BCUT2D eigenvalue weighted by Crippen LogP contribution is -2.59. The number of aliphatic imine (C=N–C) groups is 1. The summed E-state index contributed by atoms with van der Waals surface area (Å²) in [5.74, 6) is -11.0. The molecule has 0 fully saturated rings. The van der Waals surface area contributed by atoms with E-state index < -0.39 is 139 Å². The van der Waals surface area contributed by atoms with E-state index in [0.29, 0.717) is 23.1 Å². The van der Waals surface area contributed by atoms with E-state index in [2.05, 4.69) is 57.8 Å². The standard InChI is InChI=1S/C52H69N15O14/c1-27(45(74)65-37(20-30-14-16-32(69)17-15-30)49(78)66-39(51(80)81)21-31-23-58-35-13-7-6-11-33(31)35)62-48(77)36(19-29-9-4-3-5-10-29)63-42(72)25-61-50(79)44(28(2)68)67-43(73)26-60-47(76)38(22-40(54)70)64-41(71)24-59-46(75)34(53)12-8-18-57-52(55)56/h3-7,9-11,13-17,23,27-28,34,36-39,44,58,68-69H,8,12,18-22,24-26,53H2,1-2H3,(H2,54,70)(H,59,75)(H,60,76)(H,61,79)(H,62,77)(H,63,72)(H,64,71)(H,65,74)(H,66,78)(H,67,73)(H,80,81)(H4,55,56,57)/t27-,28+,34-,36-,37-,38-,39-,44-/m0/s1. The zero-order valence-electron chi connectivity index (χ0n) is 44.4. The highest BCUT2D eigenvalue weighted by atomic mass is 16.4. The highest BCUT2D eigenvalue weighted by Crippen LogP contribution is 2.20. The molecule has 4 aromatic rings. The summed E-state index contributed by atoms with van der Waals surface area (Å²) < 4.78 is 0. The highest BCUT2D eigenvalue weighted by Gasteiger charge is 2.32. The van der Waals surface area contributed by atoms with E-state index in [1.54, 1.807) is 54.7 Å². The van der Waals surface area contributed by atoms with Crippen LogP contribution in [0.5, 0.6) is 5.75 Å². The Morgan fingerprint density at radius 2 is 1.11 bits per heavy atom. The van der Waals surface area contributed by atoms with Crippen LogP contribution in [0.25, 0.3) is 10.9 Å². The number of carbonyl (C=O) groups is 11. The lowest BCUT2D eigenvalue weighted by Gasteiger charge is -2.25. The Morgan fingerprint density at radius 3 is 1.72 bits per heavy atom. The second-order valence-corrected chi connectivity index (χ2v) is 18.7. The Balaban J connectivity index is 1.35. The molecule has 21 N–H and O–H groups in total. The predicted molar refractivity (Wildman–Crippen MR) is 291 cm³/mol. The summed E-state index contributed by atoms with van der Waals surface area (Å²) in [7, 11) is 0. The van der Waals surface area contributed by atoms with Crippen molar-refractivity contribution in [2.24, 2.45) is 27.9 Å². The van der Waals surface area contributed by atoms with Gasteiger partial charge in [-0.05, 0) is 61.6 Å². The number of H-pyrrole nitrogens is 1. The number of fused-ring (bicyclic) bond motifs is 1. The van der Waals surface area contributed by atoms with Gasteiger partial charge in [0.2, 0.25) is 59.1 Å². The molecule has 0 radical (unpaired) electrons. The van der Waals surface area contributed by atoms with Gasteiger partial charge in [0, 0.05) is 42.9 Å². The number of para-hydroxylation sites is 1. The Kier molecular flexibility index (Phi) is 25.0. The van der Waals surface area contributed by atoms with Crippen molar-refractivity contribution in [2.45, 2.75) is 101 Å². The third kappa shape index (κ3) is 22.0. The van der Waals surface area contributed by atoms with Crippen LogP contribution in [0.15, 0.2) is 90.1 Å². The molecular weight excluding hydrogens is 1060 g/mol. The number of aromatic nitrogens is 1. The van der Waals surface area contributed by atoms with Crippen LogP contribution in [0.1, 0.15) is 49.8 Å². The molecule has 8 atom stereocenters. The van der Waals surface area contributed by atoms with Gasteiger partial charge in [-0.1, -0.05) is 60.7 Å². The fourth-order valence-electron chi connectivity index (χ4n) is 7.85. The molecule has 0 aliphatic rings. The zero-order chi connectivity index (χ0) is 59.8. The number of aliphatic carboxylic acids is 1. The maximum absolute atomic E-state index is 13.9. The number of nitrogens with two attached hydrogens (primary N) is 4. The number of nitrogens with zero attached hydrogens (tertiary/aromatic N) is 1. The van der Waals surface area contributed by atoms with E-state index in [1.165, 1.54) is 31.2 Å². The molecule has 29 heteroatoms. The van der Waals surface area contributed by atoms with Crippen LogP contribution in [0.3, 0.4) is 0 Å². The average molecular weight is 1130 g/mol. The summed E-state index contributed by atoms with van der Waals surface area (Å²) in [6.45, 7) is 0.326. The normalized spacial score (nSPS) is 13.8. The zero-order valence-corrected chi connectivity index (χ0v) is 44.4. The van der Waals surface area contributed by atoms with Gasteiger partial charge in [-0.15, -0.1) is 0 Å². The maximum atomic E-state index is 13.9.